The second-order valence-electron chi connectivity index (χ2n) is 4.63. The predicted octanol–water partition coefficient (Wildman–Crippen LogP) is 3.93. The Kier molecular flexibility index (Phi) is 4.58. The first kappa shape index (κ1) is 15.2. The van der Waals surface area contributed by atoms with E-state index in [4.69, 9.17) is 0 Å². The van der Waals surface area contributed by atoms with Gasteiger partial charge in [-0.1, -0.05) is 6.07 Å². The third-order valence-electron chi connectivity index (χ3n) is 3.19. The quantitative estimate of drug-likeness (QED) is 0.653. The monoisotopic (exact) mass is 350 g/mol. The summed E-state index contributed by atoms with van der Waals surface area (Å²) in [5, 5.41) is 25.0. The highest BCUT2D eigenvalue weighted by Gasteiger charge is 2.33. The Morgan fingerprint density at radius 3 is 2.59 bits per heavy atom. The minimum absolute atomic E-state index is 0.113. The lowest BCUT2D eigenvalue weighted by Crippen LogP contribution is -2.42. The van der Waals surface area contributed by atoms with E-state index in [1.165, 1.54) is 34.0 Å². The van der Waals surface area contributed by atoms with Gasteiger partial charge in [0.25, 0.3) is 0 Å². The molecule has 0 saturated heterocycles. The molecule has 7 heteroatoms. The molecule has 22 heavy (non-hydrogen) atoms. The minimum Gasteiger partial charge on any atom is -0.378 e. The number of hydrogen-bond acceptors (Lipinski definition) is 5. The molecule has 1 atom stereocenters. The number of rotatable bonds is 5. The van der Waals surface area contributed by atoms with E-state index < -0.39 is 5.60 Å². The molecule has 3 heterocycles. The summed E-state index contributed by atoms with van der Waals surface area (Å²) in [5.74, 6) is 0. The SMILES string of the molecule is O=C(NC[C@@](O)(c1ccsc1)c1cccs1)Nc1cccs1. The van der Waals surface area contributed by atoms with Gasteiger partial charge in [0.2, 0.25) is 0 Å². The molecule has 4 nitrogen and oxygen atoms in total. The predicted molar refractivity (Wildman–Crippen MR) is 93.0 cm³/mol. The van der Waals surface area contributed by atoms with Gasteiger partial charge in [-0.2, -0.15) is 11.3 Å². The normalized spacial score (nSPS) is 13.5. The summed E-state index contributed by atoms with van der Waals surface area (Å²) in [6.45, 7) is 0.113. The summed E-state index contributed by atoms with van der Waals surface area (Å²) < 4.78 is 0. The van der Waals surface area contributed by atoms with Crippen molar-refractivity contribution < 1.29 is 9.90 Å². The van der Waals surface area contributed by atoms with Gasteiger partial charge >= 0.3 is 6.03 Å². The molecule has 114 valence electrons. The fraction of sp³-hybridized carbons (Fsp3) is 0.133. The molecule has 3 N–H and O–H groups in total. The fourth-order valence-corrected chi connectivity index (χ4v) is 4.24. The van der Waals surface area contributed by atoms with Gasteiger partial charge in [-0.15, -0.1) is 22.7 Å². The minimum atomic E-state index is -1.21. The van der Waals surface area contributed by atoms with Crippen molar-refractivity contribution in [1.82, 2.24) is 5.32 Å². The van der Waals surface area contributed by atoms with Crippen molar-refractivity contribution in [2.75, 3.05) is 11.9 Å². The lowest BCUT2D eigenvalue weighted by Gasteiger charge is -2.26. The number of aliphatic hydroxyl groups is 1. The number of urea groups is 1. The molecule has 0 radical (unpaired) electrons. The van der Waals surface area contributed by atoms with Crippen molar-refractivity contribution in [2.24, 2.45) is 0 Å². The van der Waals surface area contributed by atoms with Crippen molar-refractivity contribution in [3.8, 4) is 0 Å². The maximum absolute atomic E-state index is 12.0. The van der Waals surface area contributed by atoms with Crippen LogP contribution in [-0.4, -0.2) is 17.7 Å². The zero-order valence-corrected chi connectivity index (χ0v) is 13.9. The average molecular weight is 350 g/mol. The third-order valence-corrected chi connectivity index (χ3v) is 5.68. The van der Waals surface area contributed by atoms with Gasteiger partial charge in [0, 0.05) is 10.4 Å². The number of hydrogen-bond donors (Lipinski definition) is 3. The van der Waals surface area contributed by atoms with Gasteiger partial charge in [0.05, 0.1) is 11.5 Å². The lowest BCUT2D eigenvalue weighted by atomic mass is 9.94. The molecule has 0 bridgehead atoms. The molecule has 0 spiro atoms. The molecule has 0 aliphatic rings. The van der Waals surface area contributed by atoms with Crippen LogP contribution in [0.15, 0.2) is 51.9 Å². The van der Waals surface area contributed by atoms with E-state index in [9.17, 15) is 9.90 Å². The first-order valence-corrected chi connectivity index (χ1v) is 9.26. The molecule has 0 saturated carbocycles. The van der Waals surface area contributed by atoms with E-state index in [2.05, 4.69) is 10.6 Å². The first-order chi connectivity index (χ1) is 10.7. The summed E-state index contributed by atoms with van der Waals surface area (Å²) >= 11 is 4.44. The second-order valence-corrected chi connectivity index (χ2v) is 7.31. The fourth-order valence-electron chi connectivity index (χ4n) is 2.06. The molecule has 0 fully saturated rings. The highest BCUT2D eigenvalue weighted by atomic mass is 32.1. The van der Waals surface area contributed by atoms with Crippen LogP contribution in [0.3, 0.4) is 0 Å². The number of anilines is 1. The average Bonchev–Trinajstić information content (AvgIpc) is 3.26. The first-order valence-electron chi connectivity index (χ1n) is 6.56. The Balaban J connectivity index is 1.73. The van der Waals surface area contributed by atoms with E-state index in [0.29, 0.717) is 0 Å². The maximum Gasteiger partial charge on any atom is 0.319 e. The number of amides is 2. The lowest BCUT2D eigenvalue weighted by molar-refractivity contribution is 0.0871. The van der Waals surface area contributed by atoms with E-state index >= 15 is 0 Å². The van der Waals surface area contributed by atoms with Crippen LogP contribution in [0.25, 0.3) is 0 Å². The number of carbonyl (C=O) groups excluding carboxylic acids is 1. The van der Waals surface area contributed by atoms with E-state index in [-0.39, 0.29) is 12.6 Å². The summed E-state index contributed by atoms with van der Waals surface area (Å²) in [5.41, 5.74) is -0.419. The molecule has 3 rings (SSSR count). The number of nitrogens with one attached hydrogen (secondary N) is 2. The van der Waals surface area contributed by atoms with E-state index in [1.807, 2.05) is 51.9 Å². The van der Waals surface area contributed by atoms with Crippen LogP contribution in [0, 0.1) is 0 Å². The molecule has 3 aromatic rings. The molecule has 0 unspecified atom stereocenters. The Morgan fingerprint density at radius 1 is 1.14 bits per heavy atom. The Hall–Kier alpha value is -1.67. The molecule has 0 aliphatic heterocycles. The molecule has 0 aromatic carbocycles. The third kappa shape index (κ3) is 3.22. The largest absolute Gasteiger partial charge is 0.378 e. The smallest absolute Gasteiger partial charge is 0.319 e. The van der Waals surface area contributed by atoms with Crippen LogP contribution in [0.4, 0.5) is 9.80 Å². The summed E-state index contributed by atoms with van der Waals surface area (Å²) in [4.78, 5) is 12.8. The van der Waals surface area contributed by atoms with Crippen molar-refractivity contribution in [3.05, 3.63) is 62.3 Å². The van der Waals surface area contributed by atoms with Crippen LogP contribution >= 0.6 is 34.0 Å². The van der Waals surface area contributed by atoms with E-state index in [1.54, 1.807) is 0 Å². The van der Waals surface area contributed by atoms with Gasteiger partial charge in [-0.25, -0.2) is 4.79 Å². The topological polar surface area (TPSA) is 61.4 Å². The number of thiophene rings is 3. The van der Waals surface area contributed by atoms with Crippen molar-refractivity contribution in [1.29, 1.82) is 0 Å². The van der Waals surface area contributed by atoms with Crippen LogP contribution < -0.4 is 10.6 Å². The molecule has 2 amide bonds. The van der Waals surface area contributed by atoms with Crippen LogP contribution in [0.1, 0.15) is 10.4 Å². The number of carbonyl (C=O) groups is 1. The standard InChI is InChI=1S/C15H14N2O2S3/c18-14(17-13-4-2-7-22-13)16-10-15(19,11-5-8-20-9-11)12-3-1-6-21-12/h1-9,19H,10H2,(H2,16,17,18)/t15-/m1/s1. The van der Waals surface area contributed by atoms with Crippen LogP contribution in [0.5, 0.6) is 0 Å². The summed E-state index contributed by atoms with van der Waals surface area (Å²) in [7, 11) is 0. The summed E-state index contributed by atoms with van der Waals surface area (Å²) in [6, 6.07) is 9.02. The zero-order chi connectivity index (χ0) is 15.4. The van der Waals surface area contributed by atoms with E-state index in [0.717, 1.165) is 15.4 Å². The molecule has 3 aromatic heterocycles. The highest BCUT2D eigenvalue weighted by Crippen LogP contribution is 2.33. The van der Waals surface area contributed by atoms with Crippen molar-refractivity contribution in [2.45, 2.75) is 5.60 Å². The van der Waals surface area contributed by atoms with Gasteiger partial charge < -0.3 is 10.4 Å². The second kappa shape index (κ2) is 6.62. The van der Waals surface area contributed by atoms with Gasteiger partial charge in [-0.05, 0) is 45.8 Å². The van der Waals surface area contributed by atoms with Crippen molar-refractivity contribution in [3.63, 3.8) is 0 Å². The van der Waals surface area contributed by atoms with Crippen LogP contribution in [0.2, 0.25) is 0 Å². The van der Waals surface area contributed by atoms with Crippen molar-refractivity contribution >= 4 is 45.0 Å². The Labute approximate surface area is 140 Å². The Morgan fingerprint density at radius 2 is 1.95 bits per heavy atom. The highest BCUT2D eigenvalue weighted by molar-refractivity contribution is 7.14. The van der Waals surface area contributed by atoms with Gasteiger partial charge in [-0.3, -0.25) is 5.32 Å². The zero-order valence-electron chi connectivity index (χ0n) is 11.5. The summed E-state index contributed by atoms with van der Waals surface area (Å²) in [6.07, 6.45) is 0. The Bertz CT molecular complexity index is 672. The molecular weight excluding hydrogens is 336 g/mol. The van der Waals surface area contributed by atoms with Gasteiger partial charge in [0.1, 0.15) is 5.60 Å². The van der Waals surface area contributed by atoms with Gasteiger partial charge in [0.15, 0.2) is 0 Å². The molecule has 0 aliphatic carbocycles. The maximum atomic E-state index is 12.0. The molecular formula is C15H14N2O2S3. The van der Waals surface area contributed by atoms with Crippen LogP contribution in [-0.2, 0) is 5.60 Å².